The van der Waals surface area contributed by atoms with E-state index in [9.17, 15) is 9.59 Å². The second-order valence-electron chi connectivity index (χ2n) is 7.03. The number of hydrogen-bond donors (Lipinski definition) is 1. The zero-order chi connectivity index (χ0) is 21.3. The minimum atomic E-state index is -0.520. The van der Waals surface area contributed by atoms with Crippen LogP contribution in [0.3, 0.4) is 0 Å². The lowest BCUT2D eigenvalue weighted by Crippen LogP contribution is -2.46. The molecule has 0 radical (unpaired) electrons. The molecule has 8 heteroatoms. The minimum Gasteiger partial charge on any atom is -0.496 e. The molecule has 2 amide bonds. The Morgan fingerprint density at radius 3 is 2.60 bits per heavy atom. The van der Waals surface area contributed by atoms with Gasteiger partial charge in [0.2, 0.25) is 5.91 Å². The predicted molar refractivity (Wildman–Crippen MR) is 114 cm³/mol. The van der Waals surface area contributed by atoms with Gasteiger partial charge >= 0.3 is 0 Å². The van der Waals surface area contributed by atoms with Crippen molar-refractivity contribution in [1.29, 1.82) is 0 Å². The Bertz CT molecular complexity index is 980. The molecular weight excluding hydrogens is 404 g/mol. The second-order valence-corrected chi connectivity index (χ2v) is 8.15. The smallest absolute Gasteiger partial charge is 0.260 e. The Labute approximate surface area is 179 Å². The summed E-state index contributed by atoms with van der Waals surface area (Å²) in [4.78, 5) is 27.8. The average molecular weight is 429 g/mol. The van der Waals surface area contributed by atoms with Gasteiger partial charge < -0.3 is 24.4 Å². The predicted octanol–water partition coefficient (Wildman–Crippen LogP) is 2.64. The number of methoxy groups -OCH3 is 3. The SMILES string of the molecule is COc1ccccc1CCNC(=O)[C@H]1CS[C@H]2c3ccc(OC)c(OC)c3C(=O)N12. The van der Waals surface area contributed by atoms with E-state index in [-0.39, 0.29) is 17.2 Å². The van der Waals surface area contributed by atoms with Crippen LogP contribution in [0.15, 0.2) is 36.4 Å². The van der Waals surface area contributed by atoms with Gasteiger partial charge in [0.15, 0.2) is 11.5 Å². The van der Waals surface area contributed by atoms with E-state index in [1.54, 1.807) is 29.8 Å². The third-order valence-corrected chi connectivity index (χ3v) is 6.79. The van der Waals surface area contributed by atoms with Crippen LogP contribution in [0, 0.1) is 0 Å². The molecule has 2 heterocycles. The molecule has 1 N–H and O–H groups in total. The van der Waals surface area contributed by atoms with Crippen LogP contribution in [0.1, 0.15) is 26.9 Å². The van der Waals surface area contributed by atoms with Crippen molar-refractivity contribution < 1.29 is 23.8 Å². The van der Waals surface area contributed by atoms with Crippen molar-refractivity contribution in [3.8, 4) is 17.2 Å². The highest BCUT2D eigenvalue weighted by atomic mass is 32.2. The van der Waals surface area contributed by atoms with Gasteiger partial charge in [-0.25, -0.2) is 0 Å². The van der Waals surface area contributed by atoms with Crippen molar-refractivity contribution in [2.24, 2.45) is 0 Å². The first kappa shape index (κ1) is 20.4. The summed E-state index contributed by atoms with van der Waals surface area (Å²) in [7, 11) is 4.69. The zero-order valence-corrected chi connectivity index (χ0v) is 18.0. The molecule has 0 bridgehead atoms. The highest BCUT2D eigenvalue weighted by molar-refractivity contribution is 7.99. The Hall–Kier alpha value is -2.87. The molecule has 0 saturated carbocycles. The Morgan fingerprint density at radius 1 is 1.10 bits per heavy atom. The Balaban J connectivity index is 1.47. The normalized spacial score (nSPS) is 19.3. The molecule has 30 heavy (non-hydrogen) atoms. The second kappa shape index (κ2) is 8.47. The summed E-state index contributed by atoms with van der Waals surface area (Å²) in [6.07, 6.45) is 0.651. The van der Waals surface area contributed by atoms with E-state index >= 15 is 0 Å². The number of nitrogens with one attached hydrogen (secondary N) is 1. The molecule has 0 aliphatic carbocycles. The number of carbonyl (C=O) groups is 2. The number of nitrogens with zero attached hydrogens (tertiary/aromatic N) is 1. The molecule has 2 aromatic carbocycles. The summed E-state index contributed by atoms with van der Waals surface area (Å²) in [5.41, 5.74) is 2.38. The van der Waals surface area contributed by atoms with Crippen molar-refractivity contribution in [2.75, 3.05) is 33.6 Å². The highest BCUT2D eigenvalue weighted by Gasteiger charge is 2.50. The van der Waals surface area contributed by atoms with Crippen LogP contribution in [-0.2, 0) is 11.2 Å². The van der Waals surface area contributed by atoms with Gasteiger partial charge in [-0.2, -0.15) is 0 Å². The summed E-state index contributed by atoms with van der Waals surface area (Å²) >= 11 is 1.59. The summed E-state index contributed by atoms with van der Waals surface area (Å²) in [5, 5.41) is 2.79. The molecule has 2 aliphatic rings. The van der Waals surface area contributed by atoms with Gasteiger partial charge in [0.1, 0.15) is 17.2 Å². The molecular formula is C22H24N2O5S. The molecule has 2 aromatic rings. The maximum atomic E-state index is 13.2. The summed E-state index contributed by atoms with van der Waals surface area (Å²) < 4.78 is 16.1. The van der Waals surface area contributed by atoms with E-state index in [4.69, 9.17) is 14.2 Å². The lowest BCUT2D eigenvalue weighted by atomic mass is 10.1. The van der Waals surface area contributed by atoms with Gasteiger partial charge in [-0.1, -0.05) is 24.3 Å². The van der Waals surface area contributed by atoms with E-state index in [0.29, 0.717) is 35.8 Å². The van der Waals surface area contributed by atoms with Gasteiger partial charge in [0.25, 0.3) is 5.91 Å². The van der Waals surface area contributed by atoms with Crippen LogP contribution >= 0.6 is 11.8 Å². The Kier molecular flexibility index (Phi) is 5.76. The lowest BCUT2D eigenvalue weighted by molar-refractivity contribution is -0.124. The van der Waals surface area contributed by atoms with Gasteiger partial charge in [-0.15, -0.1) is 11.8 Å². The first-order valence-electron chi connectivity index (χ1n) is 9.69. The molecule has 7 nitrogen and oxygen atoms in total. The standard InChI is InChI=1S/C22H24N2O5S/c1-27-16-7-5-4-6-13(16)10-11-23-20(25)15-12-30-22-14-8-9-17(28-2)19(29-3)18(14)21(26)24(15)22/h4-9,15,22H,10-12H2,1-3H3,(H,23,25)/t15-,22+/m1/s1. The molecule has 0 aromatic heterocycles. The van der Waals surface area contributed by atoms with Gasteiger partial charge in [-0.05, 0) is 24.1 Å². The average Bonchev–Trinajstić information content (AvgIpc) is 3.33. The molecule has 2 atom stereocenters. The molecule has 2 aliphatic heterocycles. The first-order chi connectivity index (χ1) is 14.6. The first-order valence-corrected chi connectivity index (χ1v) is 10.7. The fourth-order valence-electron chi connectivity index (χ4n) is 4.04. The fraction of sp³-hybridized carbons (Fsp3) is 0.364. The molecule has 1 fully saturated rings. The lowest BCUT2D eigenvalue weighted by Gasteiger charge is -2.22. The van der Waals surface area contributed by atoms with E-state index in [2.05, 4.69) is 5.32 Å². The summed E-state index contributed by atoms with van der Waals surface area (Å²) in [5.74, 6) is 1.95. The van der Waals surface area contributed by atoms with Gasteiger partial charge in [0, 0.05) is 17.9 Å². The number of thioether (sulfide) groups is 1. The van der Waals surface area contributed by atoms with Crippen molar-refractivity contribution in [1.82, 2.24) is 10.2 Å². The van der Waals surface area contributed by atoms with Crippen LogP contribution in [-0.4, -0.2) is 56.4 Å². The summed E-state index contributed by atoms with van der Waals surface area (Å²) in [6.45, 7) is 0.469. The number of ether oxygens (including phenoxy) is 3. The van der Waals surface area contributed by atoms with Crippen LogP contribution in [0.2, 0.25) is 0 Å². The van der Waals surface area contributed by atoms with E-state index in [1.165, 1.54) is 14.2 Å². The topological polar surface area (TPSA) is 77.1 Å². The number of benzene rings is 2. The maximum absolute atomic E-state index is 13.2. The van der Waals surface area contributed by atoms with E-state index in [0.717, 1.165) is 16.9 Å². The minimum absolute atomic E-state index is 0.146. The quantitative estimate of drug-likeness (QED) is 0.731. The maximum Gasteiger partial charge on any atom is 0.260 e. The third kappa shape index (κ3) is 3.35. The Morgan fingerprint density at radius 2 is 1.87 bits per heavy atom. The largest absolute Gasteiger partial charge is 0.496 e. The third-order valence-electron chi connectivity index (χ3n) is 5.48. The molecule has 4 rings (SSSR count). The molecule has 0 spiro atoms. The number of amides is 2. The van der Waals surface area contributed by atoms with Crippen LogP contribution < -0.4 is 19.5 Å². The van der Waals surface area contributed by atoms with Crippen LogP contribution in [0.5, 0.6) is 17.2 Å². The molecule has 0 unspecified atom stereocenters. The number of para-hydroxylation sites is 1. The van der Waals surface area contributed by atoms with Crippen molar-refractivity contribution in [3.63, 3.8) is 0 Å². The van der Waals surface area contributed by atoms with Gasteiger partial charge in [0.05, 0.1) is 26.9 Å². The number of hydrogen-bond acceptors (Lipinski definition) is 6. The van der Waals surface area contributed by atoms with E-state index in [1.807, 2.05) is 30.3 Å². The monoisotopic (exact) mass is 428 g/mol. The summed E-state index contributed by atoms with van der Waals surface area (Å²) in [6, 6.07) is 10.9. The molecule has 158 valence electrons. The van der Waals surface area contributed by atoms with E-state index < -0.39 is 6.04 Å². The van der Waals surface area contributed by atoms with Crippen LogP contribution in [0.4, 0.5) is 0 Å². The van der Waals surface area contributed by atoms with Gasteiger partial charge in [-0.3, -0.25) is 9.59 Å². The van der Waals surface area contributed by atoms with Crippen molar-refractivity contribution >= 4 is 23.6 Å². The number of fused-ring (bicyclic) bond motifs is 3. The van der Waals surface area contributed by atoms with Crippen LogP contribution in [0.25, 0.3) is 0 Å². The van der Waals surface area contributed by atoms with Crippen molar-refractivity contribution in [3.05, 3.63) is 53.1 Å². The number of carbonyl (C=O) groups excluding carboxylic acids is 2. The highest BCUT2D eigenvalue weighted by Crippen LogP contribution is 2.52. The van der Waals surface area contributed by atoms with Crippen molar-refractivity contribution in [2.45, 2.75) is 17.8 Å². The zero-order valence-electron chi connectivity index (χ0n) is 17.1. The molecule has 1 saturated heterocycles. The fourth-order valence-corrected chi connectivity index (χ4v) is 5.50. The number of rotatable bonds is 7.